The SMILES string of the molecule is CCc1ccc(S(=O)(=O)N2CCN(c3ccc(C)cc3)CC2)s1. The van der Waals surface area contributed by atoms with Crippen molar-refractivity contribution in [3.8, 4) is 0 Å². The normalized spacial score (nSPS) is 16.7. The molecule has 124 valence electrons. The average Bonchev–Trinajstić information content (AvgIpc) is 3.06. The van der Waals surface area contributed by atoms with Crippen molar-refractivity contribution in [3.05, 3.63) is 46.8 Å². The summed E-state index contributed by atoms with van der Waals surface area (Å²) in [5.41, 5.74) is 2.40. The van der Waals surface area contributed by atoms with Gasteiger partial charge in [-0.1, -0.05) is 24.6 Å². The Balaban J connectivity index is 1.69. The van der Waals surface area contributed by atoms with Crippen LogP contribution in [0.5, 0.6) is 0 Å². The van der Waals surface area contributed by atoms with Gasteiger partial charge < -0.3 is 4.90 Å². The predicted octanol–water partition coefficient (Wildman–Crippen LogP) is 3.13. The molecule has 1 aliphatic heterocycles. The summed E-state index contributed by atoms with van der Waals surface area (Å²) in [6.45, 7) is 6.65. The van der Waals surface area contributed by atoms with Gasteiger partial charge in [-0.3, -0.25) is 0 Å². The Bertz CT molecular complexity index is 758. The highest BCUT2D eigenvalue weighted by Crippen LogP contribution is 2.27. The minimum atomic E-state index is -3.34. The standard InChI is InChI=1S/C17H22N2O2S2/c1-3-16-8-9-17(22-16)23(20,21)19-12-10-18(11-13-19)15-6-4-14(2)5-7-15/h4-9H,3,10-13H2,1-2H3. The lowest BCUT2D eigenvalue weighted by atomic mass is 10.2. The molecular formula is C17H22N2O2S2. The molecule has 1 saturated heterocycles. The van der Waals surface area contributed by atoms with E-state index in [-0.39, 0.29) is 0 Å². The lowest BCUT2D eigenvalue weighted by Crippen LogP contribution is -2.48. The third-order valence-electron chi connectivity index (χ3n) is 4.22. The third kappa shape index (κ3) is 3.44. The Hall–Kier alpha value is -1.37. The van der Waals surface area contributed by atoms with Gasteiger partial charge >= 0.3 is 0 Å². The van der Waals surface area contributed by atoms with Gasteiger partial charge in [0.1, 0.15) is 4.21 Å². The average molecular weight is 351 g/mol. The Labute approximate surface area is 142 Å². The van der Waals surface area contributed by atoms with Crippen molar-refractivity contribution in [2.45, 2.75) is 24.5 Å². The molecule has 4 nitrogen and oxygen atoms in total. The number of hydrogen-bond acceptors (Lipinski definition) is 4. The molecule has 0 amide bonds. The number of benzene rings is 1. The molecular weight excluding hydrogens is 328 g/mol. The molecule has 23 heavy (non-hydrogen) atoms. The molecule has 0 bridgehead atoms. The molecule has 1 aliphatic rings. The Kier molecular flexibility index (Phi) is 4.75. The maximum Gasteiger partial charge on any atom is 0.252 e. The van der Waals surface area contributed by atoms with Crippen molar-refractivity contribution in [2.24, 2.45) is 0 Å². The first kappa shape index (κ1) is 16.5. The van der Waals surface area contributed by atoms with E-state index in [2.05, 4.69) is 36.1 Å². The Morgan fingerprint density at radius 1 is 1.00 bits per heavy atom. The summed E-state index contributed by atoms with van der Waals surface area (Å²) in [7, 11) is -3.34. The monoisotopic (exact) mass is 350 g/mol. The van der Waals surface area contributed by atoms with E-state index in [0.29, 0.717) is 17.3 Å². The van der Waals surface area contributed by atoms with Gasteiger partial charge in [0.25, 0.3) is 10.0 Å². The van der Waals surface area contributed by atoms with Crippen LogP contribution < -0.4 is 4.90 Å². The van der Waals surface area contributed by atoms with Gasteiger partial charge in [-0.2, -0.15) is 4.31 Å². The van der Waals surface area contributed by atoms with Crippen LogP contribution >= 0.6 is 11.3 Å². The van der Waals surface area contributed by atoms with Crippen molar-refractivity contribution in [3.63, 3.8) is 0 Å². The number of nitrogens with zero attached hydrogens (tertiary/aromatic N) is 2. The fraction of sp³-hybridized carbons (Fsp3) is 0.412. The molecule has 0 saturated carbocycles. The molecule has 0 aliphatic carbocycles. The van der Waals surface area contributed by atoms with E-state index >= 15 is 0 Å². The molecule has 0 spiro atoms. The maximum absolute atomic E-state index is 12.7. The van der Waals surface area contributed by atoms with Crippen LogP contribution in [0.4, 0.5) is 5.69 Å². The van der Waals surface area contributed by atoms with Gasteiger partial charge in [-0.05, 0) is 37.6 Å². The molecule has 0 atom stereocenters. The number of hydrogen-bond donors (Lipinski definition) is 0. The number of thiophene rings is 1. The highest BCUT2D eigenvalue weighted by Gasteiger charge is 2.29. The number of rotatable bonds is 4. The van der Waals surface area contributed by atoms with Gasteiger partial charge in [-0.15, -0.1) is 11.3 Å². The van der Waals surface area contributed by atoms with Crippen LogP contribution in [0, 0.1) is 6.92 Å². The van der Waals surface area contributed by atoms with Crippen molar-refractivity contribution >= 4 is 27.0 Å². The molecule has 2 aromatic rings. The lowest BCUT2D eigenvalue weighted by molar-refractivity contribution is 0.386. The van der Waals surface area contributed by atoms with Gasteiger partial charge in [0.05, 0.1) is 0 Å². The van der Waals surface area contributed by atoms with Crippen LogP contribution in [-0.2, 0) is 16.4 Å². The minimum Gasteiger partial charge on any atom is -0.369 e. The highest BCUT2D eigenvalue weighted by molar-refractivity contribution is 7.91. The highest BCUT2D eigenvalue weighted by atomic mass is 32.2. The second-order valence-electron chi connectivity index (χ2n) is 5.80. The molecule has 0 radical (unpaired) electrons. The second-order valence-corrected chi connectivity index (χ2v) is 9.13. The first-order valence-corrected chi connectivity index (χ1v) is 10.2. The van der Waals surface area contributed by atoms with E-state index in [1.165, 1.54) is 16.9 Å². The van der Waals surface area contributed by atoms with Crippen LogP contribution in [0.2, 0.25) is 0 Å². The van der Waals surface area contributed by atoms with Crippen LogP contribution in [0.15, 0.2) is 40.6 Å². The fourth-order valence-corrected chi connectivity index (χ4v) is 5.63. The Morgan fingerprint density at radius 2 is 1.65 bits per heavy atom. The topological polar surface area (TPSA) is 40.6 Å². The number of piperazine rings is 1. The van der Waals surface area contributed by atoms with Gasteiger partial charge in [0.15, 0.2) is 0 Å². The number of anilines is 1. The predicted molar refractivity (Wildman–Crippen MR) is 95.8 cm³/mol. The zero-order valence-electron chi connectivity index (χ0n) is 13.5. The minimum absolute atomic E-state index is 0.470. The van der Waals surface area contributed by atoms with Gasteiger partial charge in [0, 0.05) is 36.7 Å². The van der Waals surface area contributed by atoms with Gasteiger partial charge in [-0.25, -0.2) is 8.42 Å². The zero-order valence-corrected chi connectivity index (χ0v) is 15.2. The van der Waals surface area contributed by atoms with Crippen molar-refractivity contribution < 1.29 is 8.42 Å². The van der Waals surface area contributed by atoms with E-state index in [4.69, 9.17) is 0 Å². The first-order chi connectivity index (χ1) is 11.0. The number of sulfonamides is 1. The largest absolute Gasteiger partial charge is 0.369 e. The quantitative estimate of drug-likeness (QED) is 0.851. The van der Waals surface area contributed by atoms with Gasteiger partial charge in [0.2, 0.25) is 0 Å². The molecule has 0 unspecified atom stereocenters. The van der Waals surface area contributed by atoms with Crippen LogP contribution in [-0.4, -0.2) is 38.9 Å². The fourth-order valence-electron chi connectivity index (χ4n) is 2.76. The lowest BCUT2D eigenvalue weighted by Gasteiger charge is -2.35. The van der Waals surface area contributed by atoms with Crippen molar-refractivity contribution in [2.75, 3.05) is 31.1 Å². The molecule has 6 heteroatoms. The summed E-state index contributed by atoms with van der Waals surface area (Å²) in [6, 6.07) is 12.1. The molecule has 1 aromatic carbocycles. The van der Waals surface area contributed by atoms with Crippen molar-refractivity contribution in [1.29, 1.82) is 0 Å². The summed E-state index contributed by atoms with van der Waals surface area (Å²) in [5.74, 6) is 0. The summed E-state index contributed by atoms with van der Waals surface area (Å²) in [4.78, 5) is 3.36. The second kappa shape index (κ2) is 6.63. The third-order valence-corrected chi connectivity index (χ3v) is 7.81. The van der Waals surface area contributed by atoms with E-state index in [1.54, 1.807) is 10.4 Å². The van der Waals surface area contributed by atoms with Crippen LogP contribution in [0.25, 0.3) is 0 Å². The molecule has 3 rings (SSSR count). The molecule has 2 heterocycles. The number of aryl methyl sites for hydroxylation is 2. The van der Waals surface area contributed by atoms with E-state index in [9.17, 15) is 8.42 Å². The summed E-state index contributed by atoms with van der Waals surface area (Å²) >= 11 is 1.39. The summed E-state index contributed by atoms with van der Waals surface area (Å²) < 4.78 is 27.5. The zero-order chi connectivity index (χ0) is 16.4. The van der Waals surface area contributed by atoms with Crippen LogP contribution in [0.3, 0.4) is 0 Å². The van der Waals surface area contributed by atoms with Crippen molar-refractivity contribution in [1.82, 2.24) is 4.31 Å². The van der Waals surface area contributed by atoms with Crippen LogP contribution in [0.1, 0.15) is 17.4 Å². The molecule has 1 fully saturated rings. The molecule has 0 N–H and O–H groups in total. The van der Waals surface area contributed by atoms with E-state index in [0.717, 1.165) is 30.1 Å². The summed E-state index contributed by atoms with van der Waals surface area (Å²) in [5, 5.41) is 0. The summed E-state index contributed by atoms with van der Waals surface area (Å²) in [6.07, 6.45) is 0.876. The smallest absolute Gasteiger partial charge is 0.252 e. The van der Waals surface area contributed by atoms with E-state index < -0.39 is 10.0 Å². The maximum atomic E-state index is 12.7. The molecule has 1 aromatic heterocycles. The first-order valence-electron chi connectivity index (χ1n) is 7.91. The Morgan fingerprint density at radius 3 is 2.22 bits per heavy atom. The van der Waals surface area contributed by atoms with E-state index in [1.807, 2.05) is 13.0 Å².